The first-order valence-electron chi connectivity index (χ1n) is 5.88. The molecule has 94 valence electrons. The third-order valence-electron chi connectivity index (χ3n) is 2.42. The Bertz CT molecular complexity index is 494. The number of methoxy groups -OCH3 is 1. The summed E-state index contributed by atoms with van der Waals surface area (Å²) in [6, 6.07) is 15.2. The Morgan fingerprint density at radius 1 is 0.889 bits per heavy atom. The maximum atomic E-state index is 5.78. The van der Waals surface area contributed by atoms with Gasteiger partial charge in [0.2, 0.25) is 5.75 Å². The molecule has 2 aromatic carbocycles. The third-order valence-corrected chi connectivity index (χ3v) is 2.42. The van der Waals surface area contributed by atoms with Gasteiger partial charge in [0.05, 0.1) is 13.7 Å². The first kappa shape index (κ1) is 12.3. The highest BCUT2D eigenvalue weighted by Gasteiger charge is 2.11. The molecule has 18 heavy (non-hydrogen) atoms. The minimum atomic E-state index is 0.588. The molecule has 2 aromatic rings. The van der Waals surface area contributed by atoms with Crippen LogP contribution in [0.4, 0.5) is 0 Å². The molecule has 0 N–H and O–H groups in total. The van der Waals surface area contributed by atoms with Crippen LogP contribution >= 0.6 is 0 Å². The molecule has 0 fully saturated rings. The summed E-state index contributed by atoms with van der Waals surface area (Å²) >= 11 is 0. The minimum Gasteiger partial charge on any atom is -0.490 e. The van der Waals surface area contributed by atoms with Gasteiger partial charge in [0, 0.05) is 0 Å². The van der Waals surface area contributed by atoms with Crippen molar-refractivity contribution in [3.8, 4) is 23.0 Å². The Hall–Kier alpha value is -2.16. The van der Waals surface area contributed by atoms with Crippen molar-refractivity contribution in [3.05, 3.63) is 48.5 Å². The van der Waals surface area contributed by atoms with Gasteiger partial charge in [-0.15, -0.1) is 0 Å². The van der Waals surface area contributed by atoms with Crippen molar-refractivity contribution in [2.75, 3.05) is 13.7 Å². The monoisotopic (exact) mass is 244 g/mol. The van der Waals surface area contributed by atoms with Gasteiger partial charge in [-0.3, -0.25) is 0 Å². The number of rotatable bonds is 5. The van der Waals surface area contributed by atoms with Crippen LogP contribution < -0.4 is 14.2 Å². The lowest BCUT2D eigenvalue weighted by atomic mass is 10.3. The van der Waals surface area contributed by atoms with Crippen molar-refractivity contribution in [2.24, 2.45) is 0 Å². The summed E-state index contributed by atoms with van der Waals surface area (Å²) in [6.07, 6.45) is 0. The van der Waals surface area contributed by atoms with Gasteiger partial charge in [0.15, 0.2) is 11.5 Å². The molecule has 0 unspecified atom stereocenters. The molecule has 0 saturated heterocycles. The smallest absolute Gasteiger partial charge is 0.203 e. The van der Waals surface area contributed by atoms with E-state index in [1.54, 1.807) is 7.11 Å². The summed E-state index contributed by atoms with van der Waals surface area (Å²) in [7, 11) is 1.61. The minimum absolute atomic E-state index is 0.588. The molecule has 0 aliphatic carbocycles. The van der Waals surface area contributed by atoms with Crippen LogP contribution in [0.25, 0.3) is 0 Å². The fourth-order valence-corrected chi connectivity index (χ4v) is 1.66. The van der Waals surface area contributed by atoms with Gasteiger partial charge in [0.1, 0.15) is 5.75 Å². The molecule has 0 aromatic heterocycles. The van der Waals surface area contributed by atoms with Crippen LogP contribution in [0.3, 0.4) is 0 Å². The lowest BCUT2D eigenvalue weighted by Gasteiger charge is -2.14. The second-order valence-corrected chi connectivity index (χ2v) is 3.64. The highest BCUT2D eigenvalue weighted by Crippen LogP contribution is 2.39. The highest BCUT2D eigenvalue weighted by atomic mass is 16.5. The van der Waals surface area contributed by atoms with Crippen molar-refractivity contribution in [3.63, 3.8) is 0 Å². The molecule has 0 amide bonds. The lowest BCUT2D eigenvalue weighted by Crippen LogP contribution is -1.97. The van der Waals surface area contributed by atoms with E-state index in [-0.39, 0.29) is 0 Å². The Balaban J connectivity index is 2.30. The summed E-state index contributed by atoms with van der Waals surface area (Å²) in [5.41, 5.74) is 0. The van der Waals surface area contributed by atoms with E-state index < -0.39 is 0 Å². The van der Waals surface area contributed by atoms with E-state index in [1.807, 2.05) is 55.5 Å². The van der Waals surface area contributed by atoms with Gasteiger partial charge in [-0.2, -0.15) is 0 Å². The number of ether oxygens (including phenoxy) is 3. The summed E-state index contributed by atoms with van der Waals surface area (Å²) in [5.74, 6) is 2.72. The highest BCUT2D eigenvalue weighted by molar-refractivity contribution is 5.52. The zero-order valence-corrected chi connectivity index (χ0v) is 10.6. The van der Waals surface area contributed by atoms with Gasteiger partial charge in [-0.25, -0.2) is 0 Å². The fourth-order valence-electron chi connectivity index (χ4n) is 1.66. The Kier molecular flexibility index (Phi) is 4.07. The first-order valence-corrected chi connectivity index (χ1v) is 5.88. The predicted octanol–water partition coefficient (Wildman–Crippen LogP) is 3.89. The number of hydrogen-bond acceptors (Lipinski definition) is 3. The van der Waals surface area contributed by atoms with Gasteiger partial charge in [0.25, 0.3) is 0 Å². The van der Waals surface area contributed by atoms with E-state index in [1.165, 1.54) is 0 Å². The number of benzene rings is 2. The second kappa shape index (κ2) is 5.96. The molecule has 3 nitrogen and oxygen atoms in total. The van der Waals surface area contributed by atoms with Crippen LogP contribution in [-0.2, 0) is 0 Å². The van der Waals surface area contributed by atoms with Crippen molar-refractivity contribution in [1.29, 1.82) is 0 Å². The first-order chi connectivity index (χ1) is 8.85. The van der Waals surface area contributed by atoms with Crippen LogP contribution in [0.15, 0.2) is 48.5 Å². The zero-order chi connectivity index (χ0) is 12.8. The van der Waals surface area contributed by atoms with E-state index >= 15 is 0 Å². The number of hydrogen-bond donors (Lipinski definition) is 0. The molecule has 0 saturated carbocycles. The Morgan fingerprint density at radius 3 is 2.28 bits per heavy atom. The number of para-hydroxylation sites is 2. The fraction of sp³-hybridized carbons (Fsp3) is 0.200. The molecule has 3 heteroatoms. The summed E-state index contributed by atoms with van der Waals surface area (Å²) in [6.45, 7) is 2.52. The summed E-state index contributed by atoms with van der Waals surface area (Å²) < 4.78 is 16.6. The zero-order valence-electron chi connectivity index (χ0n) is 10.6. The van der Waals surface area contributed by atoms with Gasteiger partial charge < -0.3 is 14.2 Å². The van der Waals surface area contributed by atoms with Gasteiger partial charge in [-0.1, -0.05) is 24.3 Å². The van der Waals surface area contributed by atoms with E-state index in [9.17, 15) is 0 Å². The summed E-state index contributed by atoms with van der Waals surface area (Å²) in [5, 5.41) is 0. The molecular weight excluding hydrogens is 228 g/mol. The van der Waals surface area contributed by atoms with Crippen molar-refractivity contribution < 1.29 is 14.2 Å². The maximum Gasteiger partial charge on any atom is 0.203 e. The topological polar surface area (TPSA) is 27.7 Å². The van der Waals surface area contributed by atoms with E-state index in [0.29, 0.717) is 23.9 Å². The molecule has 0 bridgehead atoms. The molecule has 0 atom stereocenters. The molecule has 0 spiro atoms. The van der Waals surface area contributed by atoms with E-state index in [4.69, 9.17) is 14.2 Å². The van der Waals surface area contributed by atoms with Crippen LogP contribution in [0.2, 0.25) is 0 Å². The van der Waals surface area contributed by atoms with Crippen LogP contribution in [0, 0.1) is 0 Å². The molecule has 0 aliphatic heterocycles. The standard InChI is InChI=1S/C15H16O3/c1-3-17-13-10-7-11-14(15(13)16-2)18-12-8-5-4-6-9-12/h4-11H,3H2,1-2H3. The average molecular weight is 244 g/mol. The predicted molar refractivity (Wildman–Crippen MR) is 70.7 cm³/mol. The molecular formula is C15H16O3. The quantitative estimate of drug-likeness (QED) is 0.798. The van der Waals surface area contributed by atoms with Crippen LogP contribution in [-0.4, -0.2) is 13.7 Å². The van der Waals surface area contributed by atoms with Gasteiger partial charge in [-0.05, 0) is 31.2 Å². The molecule has 0 aliphatic rings. The Morgan fingerprint density at radius 2 is 1.61 bits per heavy atom. The SMILES string of the molecule is CCOc1cccc(Oc2ccccc2)c1OC. The molecule has 0 radical (unpaired) electrons. The van der Waals surface area contributed by atoms with E-state index in [2.05, 4.69) is 0 Å². The van der Waals surface area contributed by atoms with Gasteiger partial charge >= 0.3 is 0 Å². The average Bonchev–Trinajstić information content (AvgIpc) is 2.41. The normalized spacial score (nSPS) is 9.89. The largest absolute Gasteiger partial charge is 0.490 e. The molecule has 2 rings (SSSR count). The molecule has 0 heterocycles. The van der Waals surface area contributed by atoms with E-state index in [0.717, 1.165) is 5.75 Å². The van der Waals surface area contributed by atoms with Crippen LogP contribution in [0.1, 0.15) is 6.92 Å². The Labute approximate surface area is 107 Å². The lowest BCUT2D eigenvalue weighted by molar-refractivity contribution is 0.302. The van der Waals surface area contributed by atoms with Crippen molar-refractivity contribution in [2.45, 2.75) is 6.92 Å². The van der Waals surface area contributed by atoms with Crippen molar-refractivity contribution >= 4 is 0 Å². The maximum absolute atomic E-state index is 5.78. The van der Waals surface area contributed by atoms with Crippen LogP contribution in [0.5, 0.6) is 23.0 Å². The second-order valence-electron chi connectivity index (χ2n) is 3.64. The summed E-state index contributed by atoms with van der Waals surface area (Å²) in [4.78, 5) is 0. The third kappa shape index (κ3) is 2.74. The van der Waals surface area contributed by atoms with Crippen molar-refractivity contribution in [1.82, 2.24) is 0 Å².